The van der Waals surface area contributed by atoms with Gasteiger partial charge in [-0.3, -0.25) is 4.98 Å². The average Bonchev–Trinajstić information content (AvgIpc) is 3.14. The molecule has 3 aromatic heterocycles. The van der Waals surface area contributed by atoms with Gasteiger partial charge in [-0.05, 0) is 12.1 Å². The first kappa shape index (κ1) is 14.6. The Hall–Kier alpha value is -2.30. The Kier molecular flexibility index (Phi) is 3.64. The molecule has 0 unspecified atom stereocenters. The molecule has 0 amide bonds. The van der Waals surface area contributed by atoms with E-state index >= 15 is 0 Å². The maximum Gasteiger partial charge on any atom is 0.268 e. The first-order chi connectivity index (χ1) is 10.5. The van der Waals surface area contributed by atoms with E-state index in [4.69, 9.17) is 14.4 Å². The highest BCUT2D eigenvalue weighted by Gasteiger charge is 2.23. The van der Waals surface area contributed by atoms with Crippen LogP contribution in [0.2, 0.25) is 0 Å². The van der Waals surface area contributed by atoms with E-state index in [0.29, 0.717) is 16.3 Å². The fraction of sp³-hybridized carbons (Fsp3) is 0.0833. The van der Waals surface area contributed by atoms with Gasteiger partial charge in [0.25, 0.3) is 15.9 Å². The van der Waals surface area contributed by atoms with Crippen molar-refractivity contribution in [2.45, 2.75) is 4.21 Å². The number of methoxy groups -OCH3 is 1. The highest BCUT2D eigenvalue weighted by molar-refractivity contribution is 7.91. The van der Waals surface area contributed by atoms with Crippen LogP contribution < -0.4 is 9.88 Å². The molecule has 0 fully saturated rings. The van der Waals surface area contributed by atoms with Crippen LogP contribution in [0.3, 0.4) is 0 Å². The number of aromatic nitrogens is 3. The number of hydrogen-bond donors (Lipinski definition) is 1. The molecule has 0 aliphatic heterocycles. The number of thiophene rings is 1. The van der Waals surface area contributed by atoms with E-state index in [9.17, 15) is 8.42 Å². The zero-order valence-electron chi connectivity index (χ0n) is 11.3. The zero-order chi connectivity index (χ0) is 15.7. The van der Waals surface area contributed by atoms with Gasteiger partial charge in [-0.1, -0.05) is 5.16 Å². The topological polar surface area (TPSA) is 121 Å². The van der Waals surface area contributed by atoms with Crippen LogP contribution in [0.25, 0.3) is 22.2 Å². The van der Waals surface area contributed by atoms with Gasteiger partial charge in [-0.2, -0.15) is 4.98 Å². The molecule has 0 aliphatic rings. The summed E-state index contributed by atoms with van der Waals surface area (Å²) in [6.45, 7) is 0. The number of nitrogens with zero attached hydrogens (tertiary/aromatic N) is 3. The summed E-state index contributed by atoms with van der Waals surface area (Å²) in [5.74, 6) is 0.674. The van der Waals surface area contributed by atoms with E-state index in [1.807, 2.05) is 0 Å². The number of nitrogens with two attached hydrogens (primary N) is 1. The predicted molar refractivity (Wildman–Crippen MR) is 78.8 cm³/mol. The third-order valence-corrected chi connectivity index (χ3v) is 5.26. The van der Waals surface area contributed by atoms with Gasteiger partial charge in [-0.15, -0.1) is 11.3 Å². The van der Waals surface area contributed by atoms with Crippen LogP contribution in [0.4, 0.5) is 0 Å². The van der Waals surface area contributed by atoms with Crippen molar-refractivity contribution >= 4 is 21.4 Å². The van der Waals surface area contributed by atoms with E-state index in [1.165, 1.54) is 13.2 Å². The largest absolute Gasteiger partial charge is 0.494 e. The minimum Gasteiger partial charge on any atom is -0.494 e. The van der Waals surface area contributed by atoms with Crippen LogP contribution in [0, 0.1) is 0 Å². The smallest absolute Gasteiger partial charge is 0.268 e. The van der Waals surface area contributed by atoms with Crippen molar-refractivity contribution in [3.8, 4) is 27.9 Å². The lowest BCUT2D eigenvalue weighted by atomic mass is 10.3. The molecule has 0 saturated carbocycles. The molecule has 3 rings (SSSR count). The normalized spacial score (nSPS) is 11.5. The molecule has 10 heteroatoms. The Bertz CT molecular complexity index is 902. The summed E-state index contributed by atoms with van der Waals surface area (Å²) in [7, 11) is -2.53. The second-order valence-electron chi connectivity index (χ2n) is 4.18. The Balaban J connectivity index is 2.03. The molecule has 0 aromatic carbocycles. The lowest BCUT2D eigenvalue weighted by molar-refractivity contribution is 0.406. The number of rotatable bonds is 4. The highest BCUT2D eigenvalue weighted by atomic mass is 32.2. The SMILES string of the molecule is COc1cc(-c2nc(-c3cccnc3)no2)sc1S(N)(=O)=O. The van der Waals surface area contributed by atoms with Crippen molar-refractivity contribution in [3.05, 3.63) is 30.6 Å². The number of pyridine rings is 1. The Morgan fingerprint density at radius 1 is 1.41 bits per heavy atom. The van der Waals surface area contributed by atoms with Gasteiger partial charge in [0.05, 0.1) is 12.0 Å². The first-order valence-corrected chi connectivity index (χ1v) is 8.30. The molecule has 0 aliphatic carbocycles. The van der Waals surface area contributed by atoms with Crippen LogP contribution >= 0.6 is 11.3 Å². The first-order valence-electron chi connectivity index (χ1n) is 5.94. The van der Waals surface area contributed by atoms with E-state index < -0.39 is 10.0 Å². The standard InChI is InChI=1S/C12H10N4O4S2/c1-19-8-5-9(21-12(8)22(13,17)18)11-15-10(16-20-11)7-3-2-4-14-6-7/h2-6H,1H3,(H2,13,17,18). The summed E-state index contributed by atoms with van der Waals surface area (Å²) in [5.41, 5.74) is 0.688. The van der Waals surface area contributed by atoms with E-state index in [-0.39, 0.29) is 15.8 Å². The Labute approximate surface area is 129 Å². The third kappa shape index (κ3) is 2.71. The zero-order valence-corrected chi connectivity index (χ0v) is 12.9. The maximum absolute atomic E-state index is 11.5. The second kappa shape index (κ2) is 5.48. The fourth-order valence-electron chi connectivity index (χ4n) is 1.74. The minimum absolute atomic E-state index is 0.0915. The molecule has 8 nitrogen and oxygen atoms in total. The van der Waals surface area contributed by atoms with E-state index in [0.717, 1.165) is 11.3 Å². The number of ether oxygens (including phenoxy) is 1. The van der Waals surface area contributed by atoms with Gasteiger partial charge >= 0.3 is 0 Å². The molecule has 0 saturated heterocycles. The summed E-state index contributed by atoms with van der Waals surface area (Å²) in [6.07, 6.45) is 3.23. The molecule has 0 bridgehead atoms. The van der Waals surface area contributed by atoms with Crippen molar-refractivity contribution in [1.29, 1.82) is 0 Å². The van der Waals surface area contributed by atoms with Crippen molar-refractivity contribution in [2.75, 3.05) is 7.11 Å². The molecular weight excluding hydrogens is 328 g/mol. The minimum atomic E-state index is -3.88. The molecule has 3 aromatic rings. The Morgan fingerprint density at radius 2 is 2.23 bits per heavy atom. The van der Waals surface area contributed by atoms with Crippen LogP contribution in [0.15, 0.2) is 39.3 Å². The number of hydrogen-bond acceptors (Lipinski definition) is 8. The van der Waals surface area contributed by atoms with Crippen LogP contribution in [0.1, 0.15) is 0 Å². The van der Waals surface area contributed by atoms with Crippen molar-refractivity contribution in [2.24, 2.45) is 5.14 Å². The van der Waals surface area contributed by atoms with Gasteiger partial charge in [0.2, 0.25) is 5.82 Å². The second-order valence-corrected chi connectivity index (χ2v) is 6.99. The summed E-state index contributed by atoms with van der Waals surface area (Å²) in [4.78, 5) is 8.64. The highest BCUT2D eigenvalue weighted by Crippen LogP contribution is 2.38. The van der Waals surface area contributed by atoms with E-state index in [1.54, 1.807) is 24.5 Å². The quantitative estimate of drug-likeness (QED) is 0.765. The average molecular weight is 338 g/mol. The summed E-state index contributed by atoms with van der Waals surface area (Å²) >= 11 is 0.903. The Morgan fingerprint density at radius 3 is 2.82 bits per heavy atom. The van der Waals surface area contributed by atoms with Gasteiger partial charge < -0.3 is 9.26 Å². The predicted octanol–water partition coefficient (Wildman–Crippen LogP) is 1.52. The molecule has 3 heterocycles. The lowest BCUT2D eigenvalue weighted by Crippen LogP contribution is -2.11. The number of primary sulfonamides is 1. The van der Waals surface area contributed by atoms with Gasteiger partial charge in [0.15, 0.2) is 9.96 Å². The lowest BCUT2D eigenvalue weighted by Gasteiger charge is -1.97. The van der Waals surface area contributed by atoms with Crippen LogP contribution in [-0.2, 0) is 10.0 Å². The fourth-order valence-corrected chi connectivity index (χ4v) is 3.67. The van der Waals surface area contributed by atoms with Crippen molar-refractivity contribution in [1.82, 2.24) is 15.1 Å². The van der Waals surface area contributed by atoms with Crippen molar-refractivity contribution < 1.29 is 17.7 Å². The molecular formula is C12H10N4O4S2. The molecule has 0 atom stereocenters. The molecule has 22 heavy (non-hydrogen) atoms. The maximum atomic E-state index is 11.5. The molecule has 114 valence electrons. The monoisotopic (exact) mass is 338 g/mol. The van der Waals surface area contributed by atoms with E-state index in [2.05, 4.69) is 15.1 Å². The summed E-state index contributed by atoms with van der Waals surface area (Å²) in [6, 6.07) is 5.02. The van der Waals surface area contributed by atoms with Gasteiger partial charge in [0, 0.05) is 24.0 Å². The van der Waals surface area contributed by atoms with Gasteiger partial charge in [0.1, 0.15) is 0 Å². The summed E-state index contributed by atoms with van der Waals surface area (Å²) < 4.78 is 33.1. The molecule has 0 spiro atoms. The van der Waals surface area contributed by atoms with Gasteiger partial charge in [-0.25, -0.2) is 13.6 Å². The summed E-state index contributed by atoms with van der Waals surface area (Å²) in [5, 5.41) is 9.00. The molecule has 2 N–H and O–H groups in total. The van der Waals surface area contributed by atoms with Crippen molar-refractivity contribution in [3.63, 3.8) is 0 Å². The van der Waals surface area contributed by atoms with Crippen LogP contribution in [0.5, 0.6) is 5.75 Å². The van der Waals surface area contributed by atoms with Crippen LogP contribution in [-0.4, -0.2) is 30.7 Å². The third-order valence-electron chi connectivity index (χ3n) is 2.70. The molecule has 0 radical (unpaired) electrons. The number of sulfonamides is 1.